The molecule has 0 amide bonds. The summed E-state index contributed by atoms with van der Waals surface area (Å²) in [7, 11) is 0. The summed E-state index contributed by atoms with van der Waals surface area (Å²) in [4.78, 5) is 37.6. The quantitative estimate of drug-likeness (QED) is 0.145. The molecule has 546 valence electrons. The van der Waals surface area contributed by atoms with Crippen LogP contribution in [0.25, 0.3) is 0 Å². The van der Waals surface area contributed by atoms with E-state index in [1.807, 2.05) is 223 Å². The fourth-order valence-electron chi connectivity index (χ4n) is 5.64. The summed E-state index contributed by atoms with van der Waals surface area (Å²) < 4.78 is 7.97. The van der Waals surface area contributed by atoms with Crippen molar-refractivity contribution >= 4 is 23.1 Å². The van der Waals surface area contributed by atoms with Crippen LogP contribution < -0.4 is 0 Å². The van der Waals surface area contributed by atoms with E-state index in [1.165, 1.54) is 38.7 Å². The zero-order valence-corrected chi connectivity index (χ0v) is 69.6. The van der Waals surface area contributed by atoms with Crippen LogP contribution in [0.5, 0.6) is 0 Å². The second kappa shape index (κ2) is 84.2. The summed E-state index contributed by atoms with van der Waals surface area (Å²) >= 11 is 3.10. The van der Waals surface area contributed by atoms with Crippen LogP contribution in [0.3, 0.4) is 0 Å². The molecule has 9 heterocycles. The van der Waals surface area contributed by atoms with Gasteiger partial charge in [-0.05, 0) is 141 Å². The predicted molar refractivity (Wildman–Crippen MR) is 431 cm³/mol. The van der Waals surface area contributed by atoms with Crippen molar-refractivity contribution in [2.24, 2.45) is 0 Å². The lowest BCUT2D eigenvalue weighted by Gasteiger charge is -2.01. The molecule has 0 saturated carbocycles. The SMILES string of the molecule is CC.CC.CC.CC.CC.CC.CC.CC.CC.CC(C)c1ccccn1.CC(C)c1cccnc1.CC(C)c1ccncc1.CC(C)c1ccncn1.CC(C)c1ccns1.CC(C)c1cn[nH]c1.CC(C)c1cnccn1.CC(C)c1cnsc1.CC(C)c1ncccn1. The highest BCUT2D eigenvalue weighted by molar-refractivity contribution is 7.05. The molecule has 9 aromatic heterocycles. The lowest BCUT2D eigenvalue weighted by molar-refractivity contribution is 0.774. The first kappa shape index (κ1) is 108. The van der Waals surface area contributed by atoms with E-state index in [0.717, 1.165) is 22.9 Å². The molecule has 0 bridgehead atoms. The molecule has 0 aliphatic rings. The number of hydrogen-bond donors (Lipinski definition) is 1. The Hall–Kier alpha value is -6.84. The molecule has 0 aliphatic carbocycles. The number of aromatic amines is 1. The van der Waals surface area contributed by atoms with E-state index in [4.69, 9.17) is 0 Å². The van der Waals surface area contributed by atoms with Crippen LogP contribution >= 0.6 is 23.1 Å². The van der Waals surface area contributed by atoms with Crippen LogP contribution in [0, 0.1) is 0 Å². The number of H-pyrrole nitrogens is 1. The number of nitrogens with one attached hydrogen (secondary N) is 1. The van der Waals surface area contributed by atoms with Gasteiger partial charge in [0.05, 0.1) is 11.9 Å². The number of hydrogen-bond acceptors (Lipinski definition) is 14. The number of nitrogens with zero attached hydrogens (tertiary/aromatic N) is 12. The van der Waals surface area contributed by atoms with Crippen LogP contribution in [0.2, 0.25) is 0 Å². The number of rotatable bonds is 9. The van der Waals surface area contributed by atoms with Crippen molar-refractivity contribution in [1.29, 1.82) is 0 Å². The summed E-state index contributed by atoms with van der Waals surface area (Å²) in [6.45, 7) is 74.5. The van der Waals surface area contributed by atoms with Crippen molar-refractivity contribution in [3.8, 4) is 0 Å². The Morgan fingerprint density at radius 1 is 0.292 bits per heavy atom. The first-order valence-electron chi connectivity index (χ1n) is 36.0. The summed E-state index contributed by atoms with van der Waals surface area (Å²) in [6.07, 6.45) is 28.8. The largest absolute Gasteiger partial charge is 0.285 e. The van der Waals surface area contributed by atoms with E-state index in [2.05, 4.69) is 206 Å². The van der Waals surface area contributed by atoms with E-state index >= 15 is 0 Å². The van der Waals surface area contributed by atoms with Crippen molar-refractivity contribution in [1.82, 2.24) is 63.8 Å². The van der Waals surface area contributed by atoms with Crippen molar-refractivity contribution in [3.05, 3.63) is 215 Å². The van der Waals surface area contributed by atoms with E-state index in [9.17, 15) is 0 Å². The molecule has 96 heavy (non-hydrogen) atoms. The predicted octanol–water partition coefficient (Wildman–Crippen LogP) is 26.7. The minimum absolute atomic E-state index is 0.436. The van der Waals surface area contributed by atoms with E-state index < -0.39 is 0 Å². The van der Waals surface area contributed by atoms with Crippen LogP contribution in [-0.4, -0.2) is 63.8 Å². The second-order valence-corrected chi connectivity index (χ2v) is 22.0. The van der Waals surface area contributed by atoms with Gasteiger partial charge in [-0.25, -0.2) is 28.7 Å². The molecule has 0 spiro atoms. The number of pyridine rings is 3. The fourth-order valence-corrected chi connectivity index (χ4v) is 6.92. The van der Waals surface area contributed by atoms with Gasteiger partial charge in [0.15, 0.2) is 0 Å². The van der Waals surface area contributed by atoms with Gasteiger partial charge >= 0.3 is 0 Å². The highest BCUT2D eigenvalue weighted by Crippen LogP contribution is 2.17. The molecule has 0 fully saturated rings. The average molecular weight is 1370 g/mol. The lowest BCUT2D eigenvalue weighted by atomic mass is 10.1. The molecule has 13 nitrogen and oxygen atoms in total. The van der Waals surface area contributed by atoms with E-state index in [-0.39, 0.29) is 0 Å². The second-order valence-electron chi connectivity index (χ2n) is 20.5. The van der Waals surface area contributed by atoms with Crippen LogP contribution in [0.4, 0.5) is 0 Å². The Bertz CT molecular complexity index is 2210. The molecule has 0 atom stereocenters. The highest BCUT2D eigenvalue weighted by atomic mass is 32.1. The van der Waals surface area contributed by atoms with Crippen molar-refractivity contribution in [3.63, 3.8) is 0 Å². The molecule has 9 rings (SSSR count). The highest BCUT2D eigenvalue weighted by Gasteiger charge is 2.02. The third-order valence-electron chi connectivity index (χ3n) is 10.8. The molecular formula is C81H145N13S2. The third kappa shape index (κ3) is 67.2. The van der Waals surface area contributed by atoms with Crippen molar-refractivity contribution < 1.29 is 0 Å². The Balaban J connectivity index is -0.000000123. The Labute approximate surface area is 601 Å². The Kier molecular flexibility index (Phi) is 94.6. The first-order chi connectivity index (χ1) is 46.2. The standard InChI is InChI=1S/3C8H11N.3C7H10N2.C6H10N2.2C6H9NS.9C2H6/c1-7(2)8-3-5-9-6-4-8;1-7(2)8-4-3-5-9-6-8;1-7(2)8-5-3-4-6-9-8;1-6(2)7-5-8-3-4-9-7;1-6(2)7-3-4-8-5-9-7;1-6(2)7-8-4-3-5-9-7;2*1-5(2)6-3-7-8-4-6;1-5(2)6-3-4-7-8-6;9*1-2/h3*3-7H,1-2H3;3*3-6H,1-2H3;3-5H,1-2H3,(H,7,8);2*3-5H,1-2H3;9*1-2H3. The minimum atomic E-state index is 0.436. The zero-order chi connectivity index (χ0) is 76.1. The van der Waals surface area contributed by atoms with Crippen LogP contribution in [0.15, 0.2) is 165 Å². The zero-order valence-electron chi connectivity index (χ0n) is 68.0. The molecule has 0 aliphatic heterocycles. The van der Waals surface area contributed by atoms with Gasteiger partial charge in [0.1, 0.15) is 12.2 Å². The number of aromatic nitrogens is 13. The van der Waals surface area contributed by atoms with Crippen molar-refractivity contribution in [2.45, 2.75) is 303 Å². The molecule has 0 unspecified atom stereocenters. The minimum Gasteiger partial charge on any atom is -0.285 e. The van der Waals surface area contributed by atoms with Gasteiger partial charge < -0.3 is 0 Å². The van der Waals surface area contributed by atoms with Gasteiger partial charge in [0, 0.05) is 114 Å². The maximum absolute atomic E-state index is 4.18. The van der Waals surface area contributed by atoms with Gasteiger partial charge in [-0.15, -0.1) is 0 Å². The van der Waals surface area contributed by atoms with Crippen molar-refractivity contribution in [2.75, 3.05) is 0 Å². The monoisotopic (exact) mass is 1360 g/mol. The normalized spacial score (nSPS) is 8.84. The summed E-state index contributed by atoms with van der Waals surface area (Å²) in [6, 6.07) is 20.0. The maximum Gasteiger partial charge on any atom is 0.130 e. The van der Waals surface area contributed by atoms with Gasteiger partial charge in [-0.3, -0.25) is 30.0 Å². The molecule has 1 N–H and O–H groups in total. The van der Waals surface area contributed by atoms with E-state index in [0.29, 0.717) is 53.3 Å². The van der Waals surface area contributed by atoms with Gasteiger partial charge in [0.25, 0.3) is 0 Å². The van der Waals surface area contributed by atoms with Gasteiger partial charge in [0.2, 0.25) is 0 Å². The smallest absolute Gasteiger partial charge is 0.130 e. The maximum atomic E-state index is 4.18. The molecule has 9 aromatic rings. The lowest BCUT2D eigenvalue weighted by Crippen LogP contribution is -1.93. The van der Waals surface area contributed by atoms with Crippen LogP contribution in [-0.2, 0) is 0 Å². The first-order valence-corrected chi connectivity index (χ1v) is 37.6. The third-order valence-corrected chi connectivity index (χ3v) is 12.5. The fraction of sp³-hybridized carbons (Fsp3) is 0.556. The average Bonchev–Trinajstić information content (AvgIpc) is 4.66. The van der Waals surface area contributed by atoms with E-state index in [1.54, 1.807) is 61.2 Å². The molecule has 0 aromatic carbocycles. The molecular weight excluding hydrogens is 1220 g/mol. The summed E-state index contributed by atoms with van der Waals surface area (Å²) in [5.41, 5.74) is 8.59. The molecule has 0 radical (unpaired) electrons. The summed E-state index contributed by atoms with van der Waals surface area (Å²) in [5.74, 6) is 5.97. The van der Waals surface area contributed by atoms with Gasteiger partial charge in [-0.2, -0.15) is 5.10 Å². The Morgan fingerprint density at radius 2 is 0.771 bits per heavy atom. The van der Waals surface area contributed by atoms with Crippen LogP contribution in [0.1, 0.15) is 353 Å². The topological polar surface area (TPSA) is 170 Å². The molecule has 15 heteroatoms. The summed E-state index contributed by atoms with van der Waals surface area (Å²) in [5, 5.41) is 8.67. The molecule has 0 saturated heterocycles. The Morgan fingerprint density at radius 3 is 1.02 bits per heavy atom. The van der Waals surface area contributed by atoms with Gasteiger partial charge in [-0.1, -0.05) is 261 Å².